The van der Waals surface area contributed by atoms with Crippen LogP contribution in [0.5, 0.6) is 0 Å². The Hall–Kier alpha value is -1.27. The normalized spacial score (nSPS) is 31.4. The van der Waals surface area contributed by atoms with E-state index < -0.39 is 0 Å². The molecule has 4 rings (SSSR count). The molecular formula is C13H20N4O2. The molecule has 0 amide bonds. The molecule has 104 valence electrons. The summed E-state index contributed by atoms with van der Waals surface area (Å²) >= 11 is 0. The average molecular weight is 264 g/mol. The first-order chi connectivity index (χ1) is 9.19. The van der Waals surface area contributed by atoms with Gasteiger partial charge >= 0.3 is 0 Å². The minimum Gasteiger partial charge on any atom is -0.339 e. The zero-order valence-corrected chi connectivity index (χ0v) is 11.5. The highest BCUT2D eigenvalue weighted by Crippen LogP contribution is 2.28. The Morgan fingerprint density at radius 3 is 2.74 bits per heavy atom. The standard InChI is InChI=1S/C13H20N4O2/c1-3-11(18)9(2)13-14-12(15-19-13)10-8-16-4-6-17(10)7-5-16/h9-10H,3-8H2,1-2H3. The summed E-state index contributed by atoms with van der Waals surface area (Å²) in [5.74, 6) is 1.04. The summed E-state index contributed by atoms with van der Waals surface area (Å²) in [6, 6.07) is 0.226. The average Bonchev–Trinajstić information content (AvgIpc) is 2.96. The molecular weight excluding hydrogens is 244 g/mol. The maximum Gasteiger partial charge on any atom is 0.236 e. The Labute approximate surface area is 112 Å². The number of fused-ring (bicyclic) bond motifs is 3. The molecule has 6 nitrogen and oxygen atoms in total. The van der Waals surface area contributed by atoms with Crippen LogP contribution in [0.3, 0.4) is 0 Å². The number of carbonyl (C=O) groups is 1. The Morgan fingerprint density at radius 2 is 2.16 bits per heavy atom. The van der Waals surface area contributed by atoms with E-state index in [9.17, 15) is 4.79 Å². The van der Waals surface area contributed by atoms with E-state index >= 15 is 0 Å². The molecule has 1 aromatic heterocycles. The number of Topliss-reactive ketones (excluding diaryl/α,β-unsaturated/α-hetero) is 1. The monoisotopic (exact) mass is 264 g/mol. The fourth-order valence-corrected chi connectivity index (χ4v) is 2.86. The van der Waals surface area contributed by atoms with Gasteiger partial charge in [-0.05, 0) is 6.92 Å². The number of rotatable bonds is 4. The minimum absolute atomic E-state index is 0.143. The van der Waals surface area contributed by atoms with Crippen LogP contribution >= 0.6 is 0 Å². The van der Waals surface area contributed by atoms with Gasteiger partial charge in [-0.2, -0.15) is 4.98 Å². The van der Waals surface area contributed by atoms with Crippen molar-refractivity contribution in [1.29, 1.82) is 0 Å². The summed E-state index contributed by atoms with van der Waals surface area (Å²) in [7, 11) is 0. The maximum atomic E-state index is 11.7. The second kappa shape index (κ2) is 5.02. The lowest BCUT2D eigenvalue weighted by molar-refractivity contribution is -0.120. The highest BCUT2D eigenvalue weighted by Gasteiger charge is 2.36. The van der Waals surface area contributed by atoms with Crippen molar-refractivity contribution in [1.82, 2.24) is 19.9 Å². The van der Waals surface area contributed by atoms with Crippen molar-refractivity contribution >= 4 is 5.78 Å². The van der Waals surface area contributed by atoms with Crippen LogP contribution in [0, 0.1) is 0 Å². The Balaban J connectivity index is 1.76. The summed E-state index contributed by atoms with van der Waals surface area (Å²) < 4.78 is 5.28. The second-order valence-electron chi connectivity index (χ2n) is 5.38. The molecule has 1 aromatic rings. The van der Waals surface area contributed by atoms with Crippen molar-refractivity contribution in [2.75, 3.05) is 32.7 Å². The molecule has 19 heavy (non-hydrogen) atoms. The first kappa shape index (κ1) is 12.7. The van der Waals surface area contributed by atoms with E-state index in [1.165, 1.54) is 0 Å². The number of piperazine rings is 3. The third kappa shape index (κ3) is 2.30. The first-order valence-electron chi connectivity index (χ1n) is 7.01. The maximum absolute atomic E-state index is 11.7. The zero-order valence-electron chi connectivity index (χ0n) is 11.5. The van der Waals surface area contributed by atoms with E-state index in [-0.39, 0.29) is 17.7 Å². The van der Waals surface area contributed by atoms with Crippen molar-refractivity contribution in [2.24, 2.45) is 0 Å². The third-order valence-corrected chi connectivity index (χ3v) is 4.24. The number of hydrogen-bond acceptors (Lipinski definition) is 6. The van der Waals surface area contributed by atoms with Gasteiger partial charge < -0.3 is 4.52 Å². The first-order valence-corrected chi connectivity index (χ1v) is 7.01. The van der Waals surface area contributed by atoms with E-state index in [1.807, 2.05) is 13.8 Å². The van der Waals surface area contributed by atoms with E-state index in [4.69, 9.17) is 4.52 Å². The van der Waals surface area contributed by atoms with Crippen molar-refractivity contribution in [3.63, 3.8) is 0 Å². The van der Waals surface area contributed by atoms with Crippen LogP contribution in [0.1, 0.15) is 43.9 Å². The van der Waals surface area contributed by atoms with Crippen LogP contribution in [0.4, 0.5) is 0 Å². The van der Waals surface area contributed by atoms with Crippen molar-refractivity contribution in [2.45, 2.75) is 32.2 Å². The fourth-order valence-electron chi connectivity index (χ4n) is 2.86. The van der Waals surface area contributed by atoms with Gasteiger partial charge in [0, 0.05) is 39.1 Å². The molecule has 0 spiro atoms. The molecule has 6 heteroatoms. The molecule has 0 aromatic carbocycles. The fraction of sp³-hybridized carbons (Fsp3) is 0.769. The smallest absolute Gasteiger partial charge is 0.236 e. The highest BCUT2D eigenvalue weighted by atomic mass is 16.5. The quantitative estimate of drug-likeness (QED) is 0.802. The van der Waals surface area contributed by atoms with Crippen molar-refractivity contribution < 1.29 is 9.32 Å². The highest BCUT2D eigenvalue weighted by molar-refractivity contribution is 5.83. The SMILES string of the molecule is CCC(=O)C(C)c1nc(C2CN3CCN2CC3)no1. The number of aromatic nitrogens is 2. The number of ketones is 1. The van der Waals surface area contributed by atoms with Crippen LogP contribution in [0.2, 0.25) is 0 Å². The summed E-state index contributed by atoms with van der Waals surface area (Å²) in [6.45, 7) is 9.05. The minimum atomic E-state index is -0.290. The lowest BCUT2D eigenvalue weighted by Crippen LogP contribution is -2.57. The Bertz CT molecular complexity index is 465. The van der Waals surface area contributed by atoms with E-state index in [1.54, 1.807) is 0 Å². The number of nitrogens with zero attached hydrogens (tertiary/aromatic N) is 4. The van der Waals surface area contributed by atoms with Crippen LogP contribution in [-0.4, -0.2) is 58.4 Å². The van der Waals surface area contributed by atoms with E-state index in [0.717, 1.165) is 38.5 Å². The van der Waals surface area contributed by atoms with Crippen molar-refractivity contribution in [3.8, 4) is 0 Å². The van der Waals surface area contributed by atoms with Gasteiger partial charge in [0.25, 0.3) is 0 Å². The Morgan fingerprint density at radius 1 is 1.42 bits per heavy atom. The van der Waals surface area contributed by atoms with Crippen LogP contribution in [-0.2, 0) is 4.79 Å². The lowest BCUT2D eigenvalue weighted by Gasteiger charge is -2.46. The molecule has 3 saturated heterocycles. The molecule has 0 N–H and O–H groups in total. The molecule has 3 aliphatic heterocycles. The van der Waals surface area contributed by atoms with Crippen LogP contribution in [0.25, 0.3) is 0 Å². The van der Waals surface area contributed by atoms with Crippen LogP contribution in [0.15, 0.2) is 4.52 Å². The van der Waals surface area contributed by atoms with Gasteiger partial charge in [-0.3, -0.25) is 14.6 Å². The largest absolute Gasteiger partial charge is 0.339 e. The number of carbonyl (C=O) groups excluding carboxylic acids is 1. The predicted octanol–water partition coefficient (Wildman–Crippen LogP) is 0.824. The Kier molecular flexibility index (Phi) is 3.36. The second-order valence-corrected chi connectivity index (χ2v) is 5.38. The van der Waals surface area contributed by atoms with Gasteiger partial charge in [-0.15, -0.1) is 0 Å². The van der Waals surface area contributed by atoms with Crippen LogP contribution < -0.4 is 0 Å². The van der Waals surface area contributed by atoms with Gasteiger partial charge in [0.2, 0.25) is 5.89 Å². The zero-order chi connectivity index (χ0) is 13.4. The predicted molar refractivity (Wildman–Crippen MR) is 68.8 cm³/mol. The summed E-state index contributed by atoms with van der Waals surface area (Å²) in [6.07, 6.45) is 0.502. The molecule has 0 aliphatic carbocycles. The van der Waals surface area contributed by atoms with Gasteiger partial charge in [-0.25, -0.2) is 0 Å². The molecule has 2 atom stereocenters. The summed E-state index contributed by atoms with van der Waals surface area (Å²) in [4.78, 5) is 21.0. The molecule has 0 radical (unpaired) electrons. The lowest BCUT2D eigenvalue weighted by atomic mass is 10.0. The number of hydrogen-bond donors (Lipinski definition) is 0. The molecule has 0 saturated carbocycles. The van der Waals surface area contributed by atoms with Gasteiger partial charge in [0.05, 0.1) is 12.0 Å². The summed E-state index contributed by atoms with van der Waals surface area (Å²) in [5, 5.41) is 4.09. The van der Waals surface area contributed by atoms with Gasteiger partial charge in [-0.1, -0.05) is 12.1 Å². The molecule has 3 fully saturated rings. The van der Waals surface area contributed by atoms with Gasteiger partial charge in [0.1, 0.15) is 5.78 Å². The molecule has 3 aliphatic rings. The van der Waals surface area contributed by atoms with Crippen molar-refractivity contribution in [3.05, 3.63) is 11.7 Å². The molecule has 2 bridgehead atoms. The summed E-state index contributed by atoms with van der Waals surface area (Å²) in [5.41, 5.74) is 0. The van der Waals surface area contributed by atoms with Gasteiger partial charge in [0.15, 0.2) is 5.82 Å². The van der Waals surface area contributed by atoms with E-state index in [0.29, 0.717) is 12.3 Å². The van der Waals surface area contributed by atoms with E-state index in [2.05, 4.69) is 19.9 Å². The topological polar surface area (TPSA) is 62.5 Å². The third-order valence-electron chi connectivity index (χ3n) is 4.24. The molecule has 4 heterocycles. The molecule has 2 unspecified atom stereocenters.